The second-order valence-corrected chi connectivity index (χ2v) is 4.38. The highest BCUT2D eigenvalue weighted by atomic mass is 16.1. The topological polar surface area (TPSA) is 66.9 Å². The van der Waals surface area contributed by atoms with E-state index in [0.717, 1.165) is 5.69 Å². The maximum atomic E-state index is 11.8. The van der Waals surface area contributed by atoms with Gasteiger partial charge < -0.3 is 10.6 Å². The summed E-state index contributed by atoms with van der Waals surface area (Å²) < 4.78 is 0. The van der Waals surface area contributed by atoms with Crippen molar-refractivity contribution in [2.45, 2.75) is 19.9 Å². The van der Waals surface area contributed by atoms with Gasteiger partial charge in [0.25, 0.3) is 5.91 Å². The van der Waals surface area contributed by atoms with Gasteiger partial charge in [-0.25, -0.2) is 9.97 Å². The predicted octanol–water partition coefficient (Wildman–Crippen LogP) is 2.36. The summed E-state index contributed by atoms with van der Waals surface area (Å²) in [6, 6.07) is 11.2. The number of aromatic nitrogens is 2. The molecular weight excluding hydrogens is 240 g/mol. The smallest absolute Gasteiger partial charge is 0.270 e. The van der Waals surface area contributed by atoms with Crippen LogP contribution in [0.5, 0.6) is 0 Å². The Hall–Kier alpha value is -2.43. The third-order valence-corrected chi connectivity index (χ3v) is 2.34. The number of nitrogens with zero attached hydrogens (tertiary/aromatic N) is 2. The molecule has 0 fully saturated rings. The molecule has 0 aliphatic carbocycles. The normalized spacial score (nSPS) is 10.3. The van der Waals surface area contributed by atoms with E-state index in [-0.39, 0.29) is 11.9 Å². The highest BCUT2D eigenvalue weighted by Gasteiger charge is 2.09. The summed E-state index contributed by atoms with van der Waals surface area (Å²) in [5.74, 6) is 0.205. The van der Waals surface area contributed by atoms with Crippen molar-refractivity contribution >= 4 is 17.5 Å². The van der Waals surface area contributed by atoms with Crippen LogP contribution in [0.25, 0.3) is 0 Å². The molecule has 2 aromatic rings. The van der Waals surface area contributed by atoms with Gasteiger partial charge in [0, 0.05) is 17.9 Å². The highest BCUT2D eigenvalue weighted by molar-refractivity contribution is 5.92. The summed E-state index contributed by atoms with van der Waals surface area (Å²) in [5, 5.41) is 5.84. The second-order valence-electron chi connectivity index (χ2n) is 4.38. The van der Waals surface area contributed by atoms with E-state index in [4.69, 9.17) is 0 Å². The molecule has 0 aliphatic heterocycles. The quantitative estimate of drug-likeness (QED) is 0.881. The van der Waals surface area contributed by atoms with Crippen LogP contribution in [0, 0.1) is 0 Å². The van der Waals surface area contributed by atoms with Crippen LogP contribution < -0.4 is 10.6 Å². The Bertz CT molecular complexity index is 554. The average molecular weight is 256 g/mol. The Morgan fingerprint density at radius 2 is 1.89 bits per heavy atom. The second kappa shape index (κ2) is 5.95. The first-order chi connectivity index (χ1) is 9.15. The first-order valence-electron chi connectivity index (χ1n) is 6.11. The highest BCUT2D eigenvalue weighted by Crippen LogP contribution is 2.11. The number of hydrogen-bond acceptors (Lipinski definition) is 4. The minimum atomic E-state index is -0.200. The van der Waals surface area contributed by atoms with Crippen molar-refractivity contribution in [3.05, 3.63) is 48.3 Å². The van der Waals surface area contributed by atoms with Crippen LogP contribution in [-0.2, 0) is 0 Å². The van der Waals surface area contributed by atoms with Gasteiger partial charge in [-0.3, -0.25) is 4.79 Å². The minimum Gasteiger partial charge on any atom is -0.349 e. The molecule has 0 unspecified atom stereocenters. The number of rotatable bonds is 4. The van der Waals surface area contributed by atoms with Crippen LogP contribution >= 0.6 is 0 Å². The zero-order valence-corrected chi connectivity index (χ0v) is 10.9. The maximum absolute atomic E-state index is 11.8. The summed E-state index contributed by atoms with van der Waals surface area (Å²) in [6.45, 7) is 3.81. The molecule has 98 valence electrons. The molecule has 0 saturated carbocycles. The molecule has 2 N–H and O–H groups in total. The maximum Gasteiger partial charge on any atom is 0.270 e. The fourth-order valence-corrected chi connectivity index (χ4v) is 1.53. The van der Waals surface area contributed by atoms with Crippen LogP contribution in [0.3, 0.4) is 0 Å². The molecule has 0 aliphatic rings. The number of amides is 1. The predicted molar refractivity (Wildman–Crippen MR) is 74.4 cm³/mol. The van der Waals surface area contributed by atoms with Crippen molar-refractivity contribution in [3.63, 3.8) is 0 Å². The first-order valence-corrected chi connectivity index (χ1v) is 6.11. The molecule has 1 amide bonds. The zero-order valence-electron chi connectivity index (χ0n) is 10.9. The van der Waals surface area contributed by atoms with Gasteiger partial charge in [0.05, 0.1) is 0 Å². The molecule has 0 bridgehead atoms. The van der Waals surface area contributed by atoms with Crippen molar-refractivity contribution in [1.29, 1.82) is 0 Å². The average Bonchev–Trinajstić information content (AvgIpc) is 2.39. The fourth-order valence-electron chi connectivity index (χ4n) is 1.53. The monoisotopic (exact) mass is 256 g/mol. The number of para-hydroxylation sites is 1. The van der Waals surface area contributed by atoms with Gasteiger partial charge in [0.2, 0.25) is 5.95 Å². The fraction of sp³-hybridized carbons (Fsp3) is 0.214. The van der Waals surface area contributed by atoms with Crippen molar-refractivity contribution in [2.75, 3.05) is 5.32 Å². The third kappa shape index (κ3) is 3.77. The lowest BCUT2D eigenvalue weighted by Crippen LogP contribution is -2.30. The van der Waals surface area contributed by atoms with Gasteiger partial charge >= 0.3 is 0 Å². The molecule has 19 heavy (non-hydrogen) atoms. The number of carbonyl (C=O) groups excluding carboxylic acids is 1. The van der Waals surface area contributed by atoms with Crippen LogP contribution in [0.2, 0.25) is 0 Å². The molecule has 1 aromatic carbocycles. The Labute approximate surface area is 112 Å². The largest absolute Gasteiger partial charge is 0.349 e. The van der Waals surface area contributed by atoms with Crippen molar-refractivity contribution in [1.82, 2.24) is 15.3 Å². The first kappa shape index (κ1) is 13.0. The van der Waals surface area contributed by atoms with E-state index in [1.165, 1.54) is 0 Å². The molecule has 1 aromatic heterocycles. The van der Waals surface area contributed by atoms with E-state index in [2.05, 4.69) is 20.6 Å². The van der Waals surface area contributed by atoms with Crippen molar-refractivity contribution < 1.29 is 4.79 Å². The van der Waals surface area contributed by atoms with E-state index in [9.17, 15) is 4.79 Å². The lowest BCUT2D eigenvalue weighted by Gasteiger charge is -2.09. The summed E-state index contributed by atoms with van der Waals surface area (Å²) >= 11 is 0. The summed E-state index contributed by atoms with van der Waals surface area (Å²) in [7, 11) is 0. The number of hydrogen-bond donors (Lipinski definition) is 2. The van der Waals surface area contributed by atoms with Crippen LogP contribution in [-0.4, -0.2) is 21.9 Å². The molecule has 0 radical (unpaired) electrons. The summed E-state index contributed by atoms with van der Waals surface area (Å²) in [6.07, 6.45) is 1.56. The Morgan fingerprint density at radius 3 is 2.58 bits per heavy atom. The van der Waals surface area contributed by atoms with Gasteiger partial charge in [-0.2, -0.15) is 0 Å². The van der Waals surface area contributed by atoms with E-state index in [1.54, 1.807) is 12.3 Å². The molecule has 0 spiro atoms. The number of benzene rings is 1. The molecular formula is C14H16N4O. The Morgan fingerprint density at radius 1 is 1.16 bits per heavy atom. The van der Waals surface area contributed by atoms with E-state index in [1.807, 2.05) is 44.2 Å². The lowest BCUT2D eigenvalue weighted by molar-refractivity contribution is 0.0938. The SMILES string of the molecule is CC(C)NC(=O)c1ccnc(Nc2ccccc2)n1. The summed E-state index contributed by atoms with van der Waals surface area (Å²) in [5.41, 5.74) is 1.23. The summed E-state index contributed by atoms with van der Waals surface area (Å²) in [4.78, 5) is 20.1. The van der Waals surface area contributed by atoms with Crippen molar-refractivity contribution in [3.8, 4) is 0 Å². The molecule has 5 nitrogen and oxygen atoms in total. The van der Waals surface area contributed by atoms with Gasteiger partial charge in [-0.05, 0) is 32.0 Å². The molecule has 2 rings (SSSR count). The molecule has 0 atom stereocenters. The Kier molecular flexibility index (Phi) is 4.07. The lowest BCUT2D eigenvalue weighted by atomic mass is 10.3. The molecule has 0 saturated heterocycles. The zero-order chi connectivity index (χ0) is 13.7. The number of nitrogens with one attached hydrogen (secondary N) is 2. The van der Waals surface area contributed by atoms with Gasteiger partial charge in [-0.15, -0.1) is 0 Å². The number of anilines is 2. The minimum absolute atomic E-state index is 0.0768. The van der Waals surface area contributed by atoms with E-state index >= 15 is 0 Å². The van der Waals surface area contributed by atoms with E-state index < -0.39 is 0 Å². The molecule has 5 heteroatoms. The van der Waals surface area contributed by atoms with Crippen molar-refractivity contribution in [2.24, 2.45) is 0 Å². The van der Waals surface area contributed by atoms with Crippen LogP contribution in [0.1, 0.15) is 24.3 Å². The number of carbonyl (C=O) groups is 1. The van der Waals surface area contributed by atoms with Gasteiger partial charge in [-0.1, -0.05) is 18.2 Å². The van der Waals surface area contributed by atoms with E-state index in [0.29, 0.717) is 11.6 Å². The molecule has 1 heterocycles. The van der Waals surface area contributed by atoms with Gasteiger partial charge in [0.1, 0.15) is 5.69 Å². The standard InChI is InChI=1S/C14H16N4O/c1-10(2)16-13(19)12-8-9-15-14(18-12)17-11-6-4-3-5-7-11/h3-10H,1-2H3,(H,16,19)(H,15,17,18). The van der Waals surface area contributed by atoms with Crippen LogP contribution in [0.4, 0.5) is 11.6 Å². The van der Waals surface area contributed by atoms with Gasteiger partial charge in [0.15, 0.2) is 0 Å². The third-order valence-electron chi connectivity index (χ3n) is 2.34. The Balaban J connectivity index is 2.13. The van der Waals surface area contributed by atoms with Crippen LogP contribution in [0.15, 0.2) is 42.6 Å².